The number of amides is 1. The molecule has 3 aromatic rings. The van der Waals surface area contributed by atoms with Crippen LogP contribution in [-0.4, -0.2) is 29.0 Å². The van der Waals surface area contributed by atoms with Crippen LogP contribution in [0.5, 0.6) is 0 Å². The van der Waals surface area contributed by atoms with Gasteiger partial charge in [0, 0.05) is 38.0 Å². The minimum atomic E-state index is -4.27. The van der Waals surface area contributed by atoms with Crippen LogP contribution in [-0.2, 0) is 27.1 Å². The number of pyridine rings is 1. The van der Waals surface area contributed by atoms with Gasteiger partial charge in [-0.3, -0.25) is 4.98 Å². The molecule has 0 bridgehead atoms. The number of nitrogens with one attached hydrogen (secondary N) is 1. The highest BCUT2D eigenvalue weighted by molar-refractivity contribution is 8.12. The van der Waals surface area contributed by atoms with Gasteiger partial charge in [0.1, 0.15) is 10.9 Å². The van der Waals surface area contributed by atoms with E-state index in [1.165, 1.54) is 11.8 Å². The van der Waals surface area contributed by atoms with Crippen LogP contribution >= 0.6 is 45.6 Å². The number of hydrogen-bond donors (Lipinski definition) is 1. The van der Waals surface area contributed by atoms with Gasteiger partial charge in [0.15, 0.2) is 6.61 Å². The largest absolute Gasteiger partial charge is 0.441 e. The van der Waals surface area contributed by atoms with Gasteiger partial charge in [-0.25, -0.2) is 14.5 Å². The number of rotatable bonds is 8. The maximum Gasteiger partial charge on any atom is 0.422 e. The lowest BCUT2D eigenvalue weighted by Crippen LogP contribution is -2.27. The second kappa shape index (κ2) is 11.0. The number of nitrogens with zero attached hydrogens (tertiary/aromatic N) is 3. The lowest BCUT2D eigenvalue weighted by atomic mass is 10.1. The van der Waals surface area contributed by atoms with Gasteiger partial charge in [0.05, 0.1) is 12.2 Å². The molecule has 0 aliphatic heterocycles. The first kappa shape index (κ1) is 25.6. The fourth-order valence-corrected chi connectivity index (χ4v) is 5.25. The van der Waals surface area contributed by atoms with Gasteiger partial charge >= 0.3 is 15.3 Å². The number of aromatic nitrogens is 3. The summed E-state index contributed by atoms with van der Waals surface area (Å²) in [5.41, 5.74) is 1.71. The number of hydrogen-bond acceptors (Lipinski definition) is 7. The minimum absolute atomic E-state index is 0.0386. The van der Waals surface area contributed by atoms with Crippen molar-refractivity contribution in [1.29, 1.82) is 0 Å². The van der Waals surface area contributed by atoms with E-state index < -0.39 is 15.3 Å². The minimum Gasteiger partial charge on any atom is -0.441 e. The molecule has 2 aromatic heterocycles. The molecule has 0 aliphatic rings. The molecule has 0 atom stereocenters. The number of ether oxygens (including phenoxy) is 1. The van der Waals surface area contributed by atoms with E-state index >= 15 is 0 Å². The third kappa shape index (κ3) is 7.51. The summed E-state index contributed by atoms with van der Waals surface area (Å²) in [6.45, 7) is 4.12. The van der Waals surface area contributed by atoms with E-state index in [-0.39, 0.29) is 12.5 Å². The number of carbonyl (C=O) groups is 1. The highest BCUT2D eigenvalue weighted by atomic mass is 35.7. The van der Waals surface area contributed by atoms with Crippen LogP contribution in [0.1, 0.15) is 36.8 Å². The predicted octanol–water partition coefficient (Wildman–Crippen LogP) is 5.62. The van der Waals surface area contributed by atoms with Gasteiger partial charge in [-0.2, -0.15) is 8.42 Å². The fourth-order valence-electron chi connectivity index (χ4n) is 2.89. The van der Waals surface area contributed by atoms with Crippen LogP contribution in [0.3, 0.4) is 0 Å². The molecule has 176 valence electrons. The van der Waals surface area contributed by atoms with Crippen LogP contribution in [0.15, 0.2) is 52.6 Å². The number of halogens is 3. The summed E-state index contributed by atoms with van der Waals surface area (Å²) in [4.78, 5) is 21.4. The van der Waals surface area contributed by atoms with Crippen LogP contribution < -0.4 is 4.72 Å². The van der Waals surface area contributed by atoms with Gasteiger partial charge < -0.3 is 9.30 Å². The van der Waals surface area contributed by atoms with Crippen molar-refractivity contribution in [2.75, 3.05) is 0 Å². The molecule has 0 saturated heterocycles. The van der Waals surface area contributed by atoms with E-state index in [1.807, 2.05) is 30.5 Å². The van der Waals surface area contributed by atoms with Gasteiger partial charge in [-0.15, -0.1) is 0 Å². The zero-order valence-corrected chi connectivity index (χ0v) is 21.4. The molecule has 1 amide bonds. The molecular weight excluding hydrogens is 531 g/mol. The van der Waals surface area contributed by atoms with E-state index in [1.54, 1.807) is 35.3 Å². The molecule has 2 heterocycles. The molecule has 0 unspecified atom stereocenters. The third-order valence-electron chi connectivity index (χ3n) is 4.25. The quantitative estimate of drug-likeness (QED) is 0.364. The van der Waals surface area contributed by atoms with Crippen molar-refractivity contribution in [3.8, 4) is 0 Å². The molecule has 8 nitrogen and oxygen atoms in total. The van der Waals surface area contributed by atoms with Crippen LogP contribution in [0, 0.1) is 0 Å². The Morgan fingerprint density at radius 2 is 1.82 bits per heavy atom. The molecule has 0 fully saturated rings. The molecule has 33 heavy (non-hydrogen) atoms. The molecule has 0 saturated carbocycles. The standard InChI is InChI=1S/C20H19Cl3N4O4S2/c1-12(2)18-19(32-16-8-14(21)7-15(22)9-16)27(10-13-3-5-24-6-4-13)17(25-18)11-31-20(28)26-33(23,29)30/h3-9,12H,10-11H2,1-2H3,(H,26,28). The van der Waals surface area contributed by atoms with Crippen molar-refractivity contribution < 1.29 is 17.9 Å². The summed E-state index contributed by atoms with van der Waals surface area (Å²) >= 11 is 13.8. The first-order valence-electron chi connectivity index (χ1n) is 9.53. The summed E-state index contributed by atoms with van der Waals surface area (Å²) in [7, 11) is 0.776. The summed E-state index contributed by atoms with van der Waals surface area (Å²) in [6.07, 6.45) is 2.15. The second-order valence-corrected chi connectivity index (χ2v) is 11.4. The number of imidazole rings is 1. The van der Waals surface area contributed by atoms with E-state index in [4.69, 9.17) is 38.6 Å². The second-order valence-electron chi connectivity index (χ2n) is 7.14. The van der Waals surface area contributed by atoms with E-state index in [2.05, 4.69) is 9.97 Å². The molecule has 0 spiro atoms. The van der Waals surface area contributed by atoms with Crippen LogP contribution in [0.25, 0.3) is 0 Å². The zero-order chi connectivity index (χ0) is 24.2. The molecule has 3 rings (SSSR count). The summed E-state index contributed by atoms with van der Waals surface area (Å²) < 4.78 is 30.6. The Balaban J connectivity index is 2.02. The molecule has 1 N–H and O–H groups in total. The summed E-state index contributed by atoms with van der Waals surface area (Å²) in [5.74, 6) is 0.463. The SMILES string of the molecule is CC(C)c1nc(COC(=O)NS(=O)(=O)Cl)n(Cc2ccncc2)c1Sc1cc(Cl)cc(Cl)c1. The molecule has 0 radical (unpaired) electrons. The van der Waals surface area contributed by atoms with Gasteiger partial charge in [0.2, 0.25) is 0 Å². The predicted molar refractivity (Wildman–Crippen MR) is 128 cm³/mol. The average Bonchev–Trinajstić information content (AvgIpc) is 3.02. The van der Waals surface area contributed by atoms with E-state index in [0.717, 1.165) is 21.2 Å². The average molecular weight is 550 g/mol. The van der Waals surface area contributed by atoms with Gasteiger partial charge in [-0.1, -0.05) is 48.8 Å². The van der Waals surface area contributed by atoms with Gasteiger partial charge in [0.25, 0.3) is 0 Å². The monoisotopic (exact) mass is 548 g/mol. The van der Waals surface area contributed by atoms with E-state index in [0.29, 0.717) is 22.4 Å². The highest BCUT2D eigenvalue weighted by Gasteiger charge is 2.22. The van der Waals surface area contributed by atoms with E-state index in [9.17, 15) is 13.2 Å². The van der Waals surface area contributed by atoms with Crippen molar-refractivity contribution in [1.82, 2.24) is 19.3 Å². The first-order chi connectivity index (χ1) is 15.5. The van der Waals surface area contributed by atoms with Gasteiger partial charge in [-0.05, 0) is 41.8 Å². The maximum atomic E-state index is 11.8. The molecule has 1 aromatic carbocycles. The lowest BCUT2D eigenvalue weighted by Gasteiger charge is -2.14. The first-order valence-corrected chi connectivity index (χ1v) is 13.4. The summed E-state index contributed by atoms with van der Waals surface area (Å²) in [5, 5.41) is 1.81. The lowest BCUT2D eigenvalue weighted by molar-refractivity contribution is 0.141. The maximum absolute atomic E-state index is 11.8. The normalized spacial score (nSPS) is 11.6. The van der Waals surface area contributed by atoms with Crippen molar-refractivity contribution >= 4 is 61.0 Å². The topological polar surface area (TPSA) is 103 Å². The Bertz CT molecular complexity index is 1230. The Hall–Kier alpha value is -1.98. The molecule has 0 aliphatic carbocycles. The molecular formula is C20H19Cl3N4O4S2. The third-order valence-corrected chi connectivity index (χ3v) is 6.42. The smallest absolute Gasteiger partial charge is 0.422 e. The highest BCUT2D eigenvalue weighted by Crippen LogP contribution is 2.37. The van der Waals surface area contributed by atoms with Crippen molar-refractivity contribution in [3.05, 3.63) is 69.9 Å². The number of carbonyl (C=O) groups excluding carboxylic acids is 1. The van der Waals surface area contributed by atoms with Crippen LogP contribution in [0.2, 0.25) is 10.0 Å². The Morgan fingerprint density at radius 3 is 2.39 bits per heavy atom. The number of benzene rings is 1. The molecule has 13 heteroatoms. The zero-order valence-electron chi connectivity index (χ0n) is 17.5. The Morgan fingerprint density at radius 1 is 1.18 bits per heavy atom. The van der Waals surface area contributed by atoms with Crippen molar-refractivity contribution in [2.45, 2.75) is 42.8 Å². The van der Waals surface area contributed by atoms with Crippen molar-refractivity contribution in [3.63, 3.8) is 0 Å². The van der Waals surface area contributed by atoms with Crippen LogP contribution in [0.4, 0.5) is 4.79 Å². The van der Waals surface area contributed by atoms with Crippen molar-refractivity contribution in [2.24, 2.45) is 0 Å². The fraction of sp³-hybridized carbons (Fsp3) is 0.250. The summed E-state index contributed by atoms with van der Waals surface area (Å²) in [6, 6.07) is 8.95. The Labute approximate surface area is 210 Å². The Kier molecular flexibility index (Phi) is 8.52.